The average Bonchev–Trinajstić information content (AvgIpc) is 2.67. The van der Waals surface area contributed by atoms with Crippen LogP contribution in [0.25, 0.3) is 0 Å². The summed E-state index contributed by atoms with van der Waals surface area (Å²) in [5.41, 5.74) is 1.62. The first-order valence-electron chi connectivity index (χ1n) is 9.15. The molecule has 0 aliphatic rings. The summed E-state index contributed by atoms with van der Waals surface area (Å²) < 4.78 is 47.9. The van der Waals surface area contributed by atoms with Crippen LogP contribution in [-0.2, 0) is 26.2 Å². The van der Waals surface area contributed by atoms with Gasteiger partial charge in [-0.25, -0.2) is 16.8 Å². The molecule has 0 aromatic heterocycles. The van der Waals surface area contributed by atoms with Crippen molar-refractivity contribution in [2.75, 3.05) is 25.6 Å². The third-order valence-electron chi connectivity index (χ3n) is 4.31. The van der Waals surface area contributed by atoms with E-state index in [-0.39, 0.29) is 5.75 Å². The first-order valence-corrected chi connectivity index (χ1v) is 12.7. The van der Waals surface area contributed by atoms with Crippen LogP contribution in [0, 0.1) is 6.92 Å². The minimum atomic E-state index is -3.29. The lowest BCUT2D eigenvalue weighted by molar-refractivity contribution is 0.592. The highest BCUT2D eigenvalue weighted by Crippen LogP contribution is 2.16. The minimum absolute atomic E-state index is 0.0488. The molecule has 0 bridgehead atoms. The Morgan fingerprint density at radius 1 is 1.00 bits per heavy atom. The van der Waals surface area contributed by atoms with Crippen molar-refractivity contribution in [3.8, 4) is 0 Å². The number of rotatable bonds is 8. The zero-order valence-corrected chi connectivity index (χ0v) is 18.5. The van der Waals surface area contributed by atoms with Crippen molar-refractivity contribution >= 4 is 25.6 Å². The van der Waals surface area contributed by atoms with Crippen LogP contribution in [0.2, 0.25) is 0 Å². The maximum atomic E-state index is 12.3. The molecule has 0 saturated carbocycles. The van der Waals surface area contributed by atoms with Crippen molar-refractivity contribution in [3.63, 3.8) is 0 Å². The van der Waals surface area contributed by atoms with Crippen molar-refractivity contribution in [3.05, 3.63) is 59.7 Å². The number of guanidine groups is 1. The minimum Gasteiger partial charge on any atom is -0.356 e. The molecular formula is C20H27N3O4S2. The Balaban J connectivity index is 1.84. The van der Waals surface area contributed by atoms with E-state index in [0.29, 0.717) is 40.8 Å². The quantitative estimate of drug-likeness (QED) is 0.371. The molecule has 2 N–H and O–H groups in total. The highest BCUT2D eigenvalue weighted by Gasteiger charge is 2.13. The van der Waals surface area contributed by atoms with Gasteiger partial charge in [0.25, 0.3) is 0 Å². The fourth-order valence-electron chi connectivity index (χ4n) is 2.86. The molecule has 0 amide bonds. The van der Waals surface area contributed by atoms with Gasteiger partial charge in [0.15, 0.2) is 25.6 Å². The molecular weight excluding hydrogens is 410 g/mol. The van der Waals surface area contributed by atoms with E-state index in [0.717, 1.165) is 5.56 Å². The summed E-state index contributed by atoms with van der Waals surface area (Å²) in [6, 6.07) is 13.6. The average molecular weight is 438 g/mol. The lowest BCUT2D eigenvalue weighted by Gasteiger charge is -2.13. The number of hydrogen-bond acceptors (Lipinski definition) is 5. The summed E-state index contributed by atoms with van der Waals surface area (Å²) in [5.74, 6) is 0.597. The zero-order valence-electron chi connectivity index (χ0n) is 16.8. The summed E-state index contributed by atoms with van der Waals surface area (Å²) in [6.45, 7) is 2.69. The molecule has 0 heterocycles. The molecule has 0 aliphatic heterocycles. The van der Waals surface area contributed by atoms with Crippen LogP contribution < -0.4 is 10.6 Å². The van der Waals surface area contributed by atoms with E-state index in [1.54, 1.807) is 56.4 Å². The first kappa shape index (κ1) is 22.9. The van der Waals surface area contributed by atoms with Gasteiger partial charge in [0.05, 0.1) is 15.5 Å². The smallest absolute Gasteiger partial charge is 0.191 e. The zero-order chi connectivity index (χ0) is 21.5. The fraction of sp³-hybridized carbons (Fsp3) is 0.350. The maximum Gasteiger partial charge on any atom is 0.191 e. The van der Waals surface area contributed by atoms with E-state index in [1.807, 2.05) is 6.07 Å². The normalized spacial score (nSPS) is 12.6. The van der Waals surface area contributed by atoms with Crippen molar-refractivity contribution in [2.45, 2.75) is 29.7 Å². The second kappa shape index (κ2) is 9.89. The predicted molar refractivity (Wildman–Crippen MR) is 116 cm³/mol. The van der Waals surface area contributed by atoms with Crippen molar-refractivity contribution in [2.24, 2.45) is 4.99 Å². The number of benzene rings is 2. The van der Waals surface area contributed by atoms with Gasteiger partial charge in [-0.3, -0.25) is 4.99 Å². The third kappa shape index (κ3) is 6.86. The van der Waals surface area contributed by atoms with Gasteiger partial charge in [-0.1, -0.05) is 30.3 Å². The van der Waals surface area contributed by atoms with E-state index >= 15 is 0 Å². The number of sulfone groups is 2. The first-order chi connectivity index (χ1) is 13.6. The molecule has 0 aliphatic carbocycles. The van der Waals surface area contributed by atoms with Crippen LogP contribution in [0.15, 0.2) is 63.3 Å². The fourth-order valence-corrected chi connectivity index (χ4v) is 5.15. The largest absolute Gasteiger partial charge is 0.356 e. The van der Waals surface area contributed by atoms with Gasteiger partial charge in [0, 0.05) is 26.4 Å². The van der Waals surface area contributed by atoms with E-state index < -0.39 is 19.7 Å². The molecule has 0 saturated heterocycles. The Morgan fingerprint density at radius 3 is 2.28 bits per heavy atom. The second-order valence-electron chi connectivity index (χ2n) is 6.71. The van der Waals surface area contributed by atoms with Crippen molar-refractivity contribution in [1.29, 1.82) is 0 Å². The monoisotopic (exact) mass is 437 g/mol. The molecule has 0 unspecified atom stereocenters. The van der Waals surface area contributed by atoms with Gasteiger partial charge in [-0.15, -0.1) is 0 Å². The summed E-state index contributed by atoms with van der Waals surface area (Å²) in [6.07, 6.45) is 1.64. The van der Waals surface area contributed by atoms with Crippen LogP contribution in [0.1, 0.15) is 17.5 Å². The molecule has 158 valence electrons. The summed E-state index contributed by atoms with van der Waals surface area (Å²) in [7, 11) is -4.90. The summed E-state index contributed by atoms with van der Waals surface area (Å²) in [4.78, 5) is 4.78. The second-order valence-corrected chi connectivity index (χ2v) is 10.8. The highest BCUT2D eigenvalue weighted by atomic mass is 32.2. The Hall–Kier alpha value is -2.39. The Morgan fingerprint density at radius 2 is 1.69 bits per heavy atom. The van der Waals surface area contributed by atoms with Gasteiger partial charge in [0.1, 0.15) is 0 Å². The van der Waals surface area contributed by atoms with Crippen LogP contribution in [0.3, 0.4) is 0 Å². The molecule has 0 spiro atoms. The SMILES string of the molecule is CN=C(NCCCS(=O)(=O)c1ccccc1)NCc1ccc(S(C)(=O)=O)c(C)c1. The molecule has 2 rings (SSSR count). The van der Waals surface area contributed by atoms with Gasteiger partial charge < -0.3 is 10.6 Å². The Kier molecular flexibility index (Phi) is 7.80. The van der Waals surface area contributed by atoms with Crippen LogP contribution in [0.5, 0.6) is 0 Å². The maximum absolute atomic E-state index is 12.3. The highest BCUT2D eigenvalue weighted by molar-refractivity contribution is 7.91. The molecule has 9 heteroatoms. The van der Waals surface area contributed by atoms with E-state index in [2.05, 4.69) is 15.6 Å². The van der Waals surface area contributed by atoms with Gasteiger partial charge in [0.2, 0.25) is 0 Å². The van der Waals surface area contributed by atoms with Gasteiger partial charge >= 0.3 is 0 Å². The van der Waals surface area contributed by atoms with Crippen molar-refractivity contribution in [1.82, 2.24) is 10.6 Å². The number of aliphatic imine (C=N–C) groups is 1. The molecule has 0 atom stereocenters. The van der Waals surface area contributed by atoms with Crippen LogP contribution in [0.4, 0.5) is 0 Å². The molecule has 2 aromatic rings. The molecule has 7 nitrogen and oxygen atoms in total. The number of nitrogens with one attached hydrogen (secondary N) is 2. The van der Waals surface area contributed by atoms with Gasteiger partial charge in [-0.2, -0.15) is 0 Å². The molecule has 2 aromatic carbocycles. The lowest BCUT2D eigenvalue weighted by Crippen LogP contribution is -2.37. The standard InChI is InChI=1S/C20H27N3O4S2/c1-16-14-17(10-11-19(16)28(3,24)25)15-23-20(21-2)22-12-7-13-29(26,27)18-8-5-4-6-9-18/h4-6,8-11,14H,7,12-13,15H2,1-3H3,(H2,21,22,23). The topological polar surface area (TPSA) is 105 Å². The molecule has 0 fully saturated rings. The number of hydrogen-bond donors (Lipinski definition) is 2. The molecule has 29 heavy (non-hydrogen) atoms. The third-order valence-corrected chi connectivity index (χ3v) is 7.38. The van der Waals surface area contributed by atoms with E-state index in [1.165, 1.54) is 6.26 Å². The van der Waals surface area contributed by atoms with E-state index in [9.17, 15) is 16.8 Å². The summed E-state index contributed by atoms with van der Waals surface area (Å²) >= 11 is 0. The van der Waals surface area contributed by atoms with Crippen LogP contribution in [-0.4, -0.2) is 48.4 Å². The Labute approximate surface area is 173 Å². The number of nitrogens with zero attached hydrogens (tertiary/aromatic N) is 1. The van der Waals surface area contributed by atoms with Gasteiger partial charge in [-0.05, 0) is 42.7 Å². The lowest BCUT2D eigenvalue weighted by atomic mass is 10.1. The number of aryl methyl sites for hydroxylation is 1. The van der Waals surface area contributed by atoms with E-state index in [4.69, 9.17) is 0 Å². The van der Waals surface area contributed by atoms with Crippen molar-refractivity contribution < 1.29 is 16.8 Å². The summed E-state index contributed by atoms with van der Waals surface area (Å²) in [5, 5.41) is 6.23. The molecule has 0 radical (unpaired) electrons. The Bertz CT molecular complexity index is 1060. The predicted octanol–water partition coefficient (Wildman–Crippen LogP) is 1.93. The van der Waals surface area contributed by atoms with Crippen LogP contribution >= 0.6 is 0 Å².